The van der Waals surface area contributed by atoms with Gasteiger partial charge in [-0.05, 0) is 31.6 Å². The highest BCUT2D eigenvalue weighted by molar-refractivity contribution is 7.47. The number of hydrogen-bond acceptors (Lipinski definition) is 15. The fraction of sp³-hybridized carbons (Fsp3) is 0.940. The first-order valence-electron chi connectivity index (χ1n) is 35.1. The molecule has 0 aliphatic heterocycles. The predicted molar refractivity (Wildman–Crippen MR) is 345 cm³/mol. The molecule has 0 amide bonds. The first-order valence-corrected chi connectivity index (χ1v) is 38.1. The predicted octanol–water partition coefficient (Wildman–Crippen LogP) is 19.0. The van der Waals surface area contributed by atoms with Gasteiger partial charge in [-0.25, -0.2) is 9.13 Å². The lowest BCUT2D eigenvalue weighted by molar-refractivity contribution is -0.161. The summed E-state index contributed by atoms with van der Waals surface area (Å²) >= 11 is 0. The number of hydrogen-bond donors (Lipinski definition) is 3. The lowest BCUT2D eigenvalue weighted by Gasteiger charge is -2.21. The van der Waals surface area contributed by atoms with E-state index in [0.717, 1.165) is 102 Å². The van der Waals surface area contributed by atoms with Gasteiger partial charge >= 0.3 is 39.5 Å². The van der Waals surface area contributed by atoms with Gasteiger partial charge < -0.3 is 33.8 Å². The summed E-state index contributed by atoms with van der Waals surface area (Å²) in [6, 6.07) is 0. The highest BCUT2D eigenvalue weighted by Crippen LogP contribution is 2.45. The van der Waals surface area contributed by atoms with Crippen LogP contribution in [-0.4, -0.2) is 96.7 Å². The van der Waals surface area contributed by atoms with E-state index in [9.17, 15) is 43.2 Å². The number of carbonyl (C=O) groups excluding carboxylic acids is 4. The molecule has 5 atom stereocenters. The molecule has 0 bridgehead atoms. The van der Waals surface area contributed by atoms with Crippen molar-refractivity contribution in [2.75, 3.05) is 39.6 Å². The van der Waals surface area contributed by atoms with Gasteiger partial charge in [0.15, 0.2) is 12.2 Å². The monoisotopic (exact) mass is 1270 g/mol. The Balaban J connectivity index is 5.13. The Hall–Kier alpha value is -1.94. The fourth-order valence-electron chi connectivity index (χ4n) is 10.1. The van der Waals surface area contributed by atoms with Crippen LogP contribution in [0.2, 0.25) is 0 Å². The molecule has 0 saturated heterocycles. The van der Waals surface area contributed by atoms with Crippen molar-refractivity contribution in [1.29, 1.82) is 0 Å². The molecule has 0 aromatic carbocycles. The van der Waals surface area contributed by atoms with Crippen LogP contribution in [0, 0.1) is 5.92 Å². The summed E-state index contributed by atoms with van der Waals surface area (Å²) in [5, 5.41) is 10.5. The third kappa shape index (κ3) is 60.9. The second-order valence-electron chi connectivity index (χ2n) is 24.7. The van der Waals surface area contributed by atoms with Crippen LogP contribution in [-0.2, 0) is 65.4 Å². The molecule has 0 aromatic heterocycles. The van der Waals surface area contributed by atoms with Gasteiger partial charge in [-0.15, -0.1) is 0 Å². The summed E-state index contributed by atoms with van der Waals surface area (Å²) in [6.07, 6.45) is 46.3. The molecule has 0 heterocycles. The zero-order chi connectivity index (χ0) is 63.5. The van der Waals surface area contributed by atoms with Crippen molar-refractivity contribution in [3.63, 3.8) is 0 Å². The Morgan fingerprint density at radius 2 is 0.535 bits per heavy atom. The quantitative estimate of drug-likeness (QED) is 0.0222. The Morgan fingerprint density at radius 1 is 0.314 bits per heavy atom. The number of aliphatic hydroxyl groups excluding tert-OH is 1. The maximum absolute atomic E-state index is 13.0. The Morgan fingerprint density at radius 3 is 0.791 bits per heavy atom. The van der Waals surface area contributed by atoms with Gasteiger partial charge in [0.25, 0.3) is 0 Å². The van der Waals surface area contributed by atoms with Crippen LogP contribution in [0.25, 0.3) is 0 Å². The molecule has 0 saturated carbocycles. The maximum atomic E-state index is 13.0. The summed E-state index contributed by atoms with van der Waals surface area (Å²) in [7, 11) is -9.88. The lowest BCUT2D eigenvalue weighted by Crippen LogP contribution is -2.30. The van der Waals surface area contributed by atoms with E-state index in [1.54, 1.807) is 0 Å². The topological polar surface area (TPSA) is 237 Å². The fourth-order valence-corrected chi connectivity index (χ4v) is 11.7. The summed E-state index contributed by atoms with van der Waals surface area (Å²) < 4.78 is 67.9. The molecule has 17 nitrogen and oxygen atoms in total. The number of phosphoric ester groups is 2. The molecule has 0 aliphatic carbocycles. The highest BCUT2D eigenvalue weighted by Gasteiger charge is 2.30. The standard InChI is InChI=1S/C67H130O17P2/c1-6-9-12-15-17-19-21-22-23-24-25-26-27-28-29-33-38-43-48-53-67(72)84-63(57-78-65(70)51-46-41-36-34-30-31-35-40-44-49-60(4)5)59-82-86(75,76)80-55-61(68)54-79-85(73,74)81-58-62(56-77-64(69)50-45-39-14-11-8-3)83-66(71)52-47-42-37-32-20-18-16-13-10-7-2/h60-63,68H,6-59H2,1-5H3,(H,73,74)(H,75,76)/t61-,62+,63+/m0/s1. The molecule has 2 unspecified atom stereocenters. The molecular weight excluding hydrogens is 1140 g/mol. The summed E-state index contributed by atoms with van der Waals surface area (Å²) in [6.45, 7) is 7.11. The number of aliphatic hydroxyl groups is 1. The van der Waals surface area contributed by atoms with Crippen LogP contribution < -0.4 is 0 Å². The summed E-state index contributed by atoms with van der Waals surface area (Å²) in [5.41, 5.74) is 0. The number of esters is 4. The number of carbonyl (C=O) groups is 4. The van der Waals surface area contributed by atoms with E-state index < -0.39 is 97.5 Å². The van der Waals surface area contributed by atoms with Gasteiger partial charge in [0, 0.05) is 25.7 Å². The largest absolute Gasteiger partial charge is 0.472 e. The van der Waals surface area contributed by atoms with Crippen LogP contribution in [0.1, 0.15) is 343 Å². The van der Waals surface area contributed by atoms with E-state index in [4.69, 9.17) is 37.0 Å². The molecule has 0 radical (unpaired) electrons. The van der Waals surface area contributed by atoms with Crippen LogP contribution >= 0.6 is 15.6 Å². The summed E-state index contributed by atoms with van der Waals surface area (Å²) in [5.74, 6) is -1.40. The summed E-state index contributed by atoms with van der Waals surface area (Å²) in [4.78, 5) is 72.1. The van der Waals surface area contributed by atoms with Crippen LogP contribution in [0.4, 0.5) is 0 Å². The van der Waals surface area contributed by atoms with Crippen LogP contribution in [0.5, 0.6) is 0 Å². The van der Waals surface area contributed by atoms with Gasteiger partial charge in [0.2, 0.25) is 0 Å². The van der Waals surface area contributed by atoms with Crippen molar-refractivity contribution in [1.82, 2.24) is 0 Å². The zero-order valence-electron chi connectivity index (χ0n) is 55.4. The molecule has 3 N–H and O–H groups in total. The van der Waals surface area contributed by atoms with E-state index in [2.05, 4.69) is 34.6 Å². The van der Waals surface area contributed by atoms with Gasteiger partial charge in [0.1, 0.15) is 19.3 Å². The number of unbranched alkanes of at least 4 members (excludes halogenated alkanes) is 39. The highest BCUT2D eigenvalue weighted by atomic mass is 31.2. The van der Waals surface area contributed by atoms with E-state index in [-0.39, 0.29) is 25.7 Å². The van der Waals surface area contributed by atoms with Crippen molar-refractivity contribution < 1.29 is 80.2 Å². The van der Waals surface area contributed by atoms with E-state index in [1.807, 2.05) is 0 Å². The SMILES string of the molecule is CCCCCCCCCCCCCCCCCCCCCC(=O)O[C@H](COC(=O)CCCCCCCCCCCC(C)C)COP(=O)(O)OC[C@@H](O)COP(=O)(O)OC[C@@H](COC(=O)CCCCCCC)OC(=O)CCCCCCCCCCCC. The van der Waals surface area contributed by atoms with Crippen molar-refractivity contribution >= 4 is 39.5 Å². The average Bonchev–Trinajstić information content (AvgIpc) is 3.66. The molecule has 0 aromatic rings. The normalized spacial score (nSPS) is 14.2. The maximum Gasteiger partial charge on any atom is 0.472 e. The number of phosphoric acid groups is 2. The minimum atomic E-state index is -4.95. The third-order valence-electron chi connectivity index (χ3n) is 15.5. The van der Waals surface area contributed by atoms with Gasteiger partial charge in [0.05, 0.1) is 26.4 Å². The van der Waals surface area contributed by atoms with Crippen molar-refractivity contribution in [2.24, 2.45) is 5.92 Å². The van der Waals surface area contributed by atoms with Crippen LogP contribution in [0.15, 0.2) is 0 Å². The Bertz CT molecular complexity index is 1670. The third-order valence-corrected chi connectivity index (χ3v) is 17.4. The number of rotatable bonds is 67. The zero-order valence-corrected chi connectivity index (χ0v) is 57.2. The van der Waals surface area contributed by atoms with E-state index in [1.165, 1.54) is 161 Å². The van der Waals surface area contributed by atoms with Gasteiger partial charge in [-0.3, -0.25) is 37.3 Å². The van der Waals surface area contributed by atoms with Crippen molar-refractivity contribution in [3.8, 4) is 0 Å². The van der Waals surface area contributed by atoms with Gasteiger partial charge in [-0.1, -0.05) is 291 Å². The second kappa shape index (κ2) is 60.6. The van der Waals surface area contributed by atoms with Crippen LogP contribution in [0.3, 0.4) is 0 Å². The lowest BCUT2D eigenvalue weighted by atomic mass is 10.0. The number of ether oxygens (including phenoxy) is 4. The second-order valence-corrected chi connectivity index (χ2v) is 27.6. The van der Waals surface area contributed by atoms with E-state index in [0.29, 0.717) is 25.7 Å². The molecular formula is C67H130O17P2. The van der Waals surface area contributed by atoms with Gasteiger partial charge in [-0.2, -0.15) is 0 Å². The minimum absolute atomic E-state index is 0.106. The van der Waals surface area contributed by atoms with E-state index >= 15 is 0 Å². The Kier molecular flexibility index (Phi) is 59.2. The molecule has 0 fully saturated rings. The minimum Gasteiger partial charge on any atom is -0.462 e. The molecule has 0 spiro atoms. The average molecular weight is 1270 g/mol. The molecule has 86 heavy (non-hydrogen) atoms. The Labute approximate surface area is 524 Å². The first kappa shape index (κ1) is 84.1. The molecule has 19 heteroatoms. The van der Waals surface area contributed by atoms with Crippen molar-refractivity contribution in [3.05, 3.63) is 0 Å². The molecule has 510 valence electrons. The molecule has 0 rings (SSSR count). The smallest absolute Gasteiger partial charge is 0.462 e. The molecule has 0 aliphatic rings. The first-order chi connectivity index (χ1) is 41.5. The van der Waals surface area contributed by atoms with Crippen molar-refractivity contribution in [2.45, 2.75) is 361 Å².